The van der Waals surface area contributed by atoms with Gasteiger partial charge in [0.15, 0.2) is 0 Å². The molecule has 2 aromatic rings. The van der Waals surface area contributed by atoms with Crippen molar-refractivity contribution in [1.29, 1.82) is 0 Å². The zero-order valence-corrected chi connectivity index (χ0v) is 11.6. The van der Waals surface area contributed by atoms with E-state index in [1.165, 1.54) is 10.9 Å². The van der Waals surface area contributed by atoms with E-state index in [-0.39, 0.29) is 0 Å². The molecule has 1 N–H and O–H groups in total. The highest BCUT2D eigenvalue weighted by molar-refractivity contribution is 6.31. The van der Waals surface area contributed by atoms with Crippen LogP contribution in [-0.2, 0) is 11.3 Å². The number of halogens is 1. The van der Waals surface area contributed by atoms with E-state index in [0.717, 1.165) is 24.7 Å². The van der Waals surface area contributed by atoms with E-state index >= 15 is 0 Å². The van der Waals surface area contributed by atoms with Crippen molar-refractivity contribution in [3.63, 3.8) is 0 Å². The second-order valence-electron chi connectivity index (χ2n) is 4.52. The van der Waals surface area contributed by atoms with Crippen LogP contribution in [0.15, 0.2) is 30.5 Å². The number of methoxy groups -OCH3 is 1. The van der Waals surface area contributed by atoms with Crippen LogP contribution in [0.25, 0.3) is 10.9 Å². The molecule has 0 aliphatic heterocycles. The zero-order chi connectivity index (χ0) is 13.0. The maximum Gasteiger partial charge on any atom is 0.0613 e. The number of nitrogens with one attached hydrogen (secondary N) is 1. The zero-order valence-electron chi connectivity index (χ0n) is 10.8. The predicted molar refractivity (Wildman–Crippen MR) is 76.3 cm³/mol. The highest BCUT2D eigenvalue weighted by atomic mass is 35.5. The van der Waals surface area contributed by atoms with Gasteiger partial charge in [0.05, 0.1) is 6.61 Å². The Morgan fingerprint density at radius 3 is 3.00 bits per heavy atom. The lowest BCUT2D eigenvalue weighted by molar-refractivity contribution is 0.172. The van der Waals surface area contributed by atoms with Gasteiger partial charge in [-0.1, -0.05) is 11.6 Å². The number of ether oxygens (including phenoxy) is 1. The van der Waals surface area contributed by atoms with Crippen molar-refractivity contribution in [3.05, 3.63) is 35.5 Å². The van der Waals surface area contributed by atoms with Crippen molar-refractivity contribution in [1.82, 2.24) is 9.88 Å². The van der Waals surface area contributed by atoms with E-state index in [4.69, 9.17) is 16.3 Å². The molecule has 98 valence electrons. The summed E-state index contributed by atoms with van der Waals surface area (Å²) in [6.45, 7) is 4.73. The molecule has 0 bridgehead atoms. The van der Waals surface area contributed by atoms with E-state index in [2.05, 4.69) is 35.1 Å². The molecule has 0 saturated carbocycles. The van der Waals surface area contributed by atoms with Gasteiger partial charge in [0.25, 0.3) is 0 Å². The number of hydrogen-bond acceptors (Lipinski definition) is 2. The highest BCUT2D eigenvalue weighted by Crippen LogP contribution is 2.20. The minimum atomic E-state index is 0.381. The minimum Gasteiger partial charge on any atom is -0.383 e. The smallest absolute Gasteiger partial charge is 0.0613 e. The summed E-state index contributed by atoms with van der Waals surface area (Å²) in [5.41, 5.74) is 1.22. The van der Waals surface area contributed by atoms with Gasteiger partial charge in [-0.05, 0) is 31.2 Å². The summed E-state index contributed by atoms with van der Waals surface area (Å²) in [6, 6.07) is 8.47. The summed E-state index contributed by atoms with van der Waals surface area (Å²) in [4.78, 5) is 0. The van der Waals surface area contributed by atoms with Gasteiger partial charge in [0.1, 0.15) is 0 Å². The first-order valence-electron chi connectivity index (χ1n) is 6.17. The van der Waals surface area contributed by atoms with E-state index in [1.807, 2.05) is 12.1 Å². The Hall–Kier alpha value is -1.03. The van der Waals surface area contributed by atoms with E-state index in [1.54, 1.807) is 7.11 Å². The number of hydrogen-bond donors (Lipinski definition) is 1. The van der Waals surface area contributed by atoms with Crippen LogP contribution in [0.2, 0.25) is 5.02 Å². The lowest BCUT2D eigenvalue weighted by Crippen LogP contribution is -2.32. The van der Waals surface area contributed by atoms with Gasteiger partial charge >= 0.3 is 0 Å². The maximum atomic E-state index is 5.97. The fraction of sp³-hybridized carbons (Fsp3) is 0.429. The van der Waals surface area contributed by atoms with Crippen molar-refractivity contribution in [2.75, 3.05) is 20.3 Å². The van der Waals surface area contributed by atoms with Crippen molar-refractivity contribution >= 4 is 22.5 Å². The summed E-state index contributed by atoms with van der Waals surface area (Å²) >= 11 is 5.97. The Balaban J connectivity index is 1.96. The Labute approximate surface area is 113 Å². The standard InChI is InChI=1S/C14H19ClN2O/c1-11(10-18-2)16-6-8-17-7-5-12-9-13(15)3-4-14(12)17/h3-5,7,9,11,16H,6,8,10H2,1-2H3. The van der Waals surface area contributed by atoms with Crippen LogP contribution in [0.1, 0.15) is 6.92 Å². The van der Waals surface area contributed by atoms with Gasteiger partial charge in [0.2, 0.25) is 0 Å². The van der Waals surface area contributed by atoms with E-state index < -0.39 is 0 Å². The number of benzene rings is 1. The van der Waals surface area contributed by atoms with Crippen LogP contribution >= 0.6 is 11.6 Å². The largest absolute Gasteiger partial charge is 0.383 e. The molecule has 1 atom stereocenters. The second kappa shape index (κ2) is 6.23. The van der Waals surface area contributed by atoms with Gasteiger partial charge in [-0.25, -0.2) is 0 Å². The van der Waals surface area contributed by atoms with Crippen LogP contribution in [0, 0.1) is 0 Å². The molecule has 2 rings (SSSR count). The normalized spacial score (nSPS) is 13.1. The fourth-order valence-electron chi connectivity index (χ4n) is 2.11. The van der Waals surface area contributed by atoms with Crippen LogP contribution in [0.3, 0.4) is 0 Å². The predicted octanol–water partition coefficient (Wildman–Crippen LogP) is 2.92. The number of rotatable bonds is 6. The SMILES string of the molecule is COCC(C)NCCn1ccc2cc(Cl)ccc21. The monoisotopic (exact) mass is 266 g/mol. The summed E-state index contributed by atoms with van der Waals surface area (Å²) in [5, 5.41) is 5.40. The summed E-state index contributed by atoms with van der Waals surface area (Å²) in [7, 11) is 1.72. The van der Waals surface area contributed by atoms with Crippen LogP contribution in [0.4, 0.5) is 0 Å². The molecule has 1 heterocycles. The molecule has 0 amide bonds. The second-order valence-corrected chi connectivity index (χ2v) is 4.96. The van der Waals surface area contributed by atoms with E-state index in [9.17, 15) is 0 Å². The first-order valence-corrected chi connectivity index (χ1v) is 6.55. The molecule has 0 spiro atoms. The molecule has 0 radical (unpaired) electrons. The third-order valence-electron chi connectivity index (χ3n) is 3.00. The van der Waals surface area contributed by atoms with Crippen molar-refractivity contribution in [2.24, 2.45) is 0 Å². The third kappa shape index (κ3) is 3.25. The van der Waals surface area contributed by atoms with Gasteiger partial charge in [-0.15, -0.1) is 0 Å². The molecule has 0 fully saturated rings. The lowest BCUT2D eigenvalue weighted by atomic mass is 10.2. The number of fused-ring (bicyclic) bond motifs is 1. The average molecular weight is 267 g/mol. The average Bonchev–Trinajstić information content (AvgIpc) is 2.72. The summed E-state index contributed by atoms with van der Waals surface area (Å²) in [5.74, 6) is 0. The molecule has 0 saturated heterocycles. The molecule has 0 aliphatic carbocycles. The number of aromatic nitrogens is 1. The van der Waals surface area contributed by atoms with Crippen molar-refractivity contribution in [2.45, 2.75) is 19.5 Å². The molecule has 18 heavy (non-hydrogen) atoms. The van der Waals surface area contributed by atoms with Crippen molar-refractivity contribution in [3.8, 4) is 0 Å². The van der Waals surface area contributed by atoms with Crippen LogP contribution in [0.5, 0.6) is 0 Å². The van der Waals surface area contributed by atoms with Crippen LogP contribution in [-0.4, -0.2) is 30.9 Å². The fourth-order valence-corrected chi connectivity index (χ4v) is 2.29. The van der Waals surface area contributed by atoms with Gasteiger partial charge in [-0.2, -0.15) is 0 Å². The Bertz CT molecular complexity index is 509. The highest BCUT2D eigenvalue weighted by Gasteiger charge is 2.03. The molecule has 3 nitrogen and oxygen atoms in total. The third-order valence-corrected chi connectivity index (χ3v) is 3.23. The number of nitrogens with zero attached hydrogens (tertiary/aromatic N) is 1. The topological polar surface area (TPSA) is 26.2 Å². The Morgan fingerprint density at radius 1 is 1.39 bits per heavy atom. The molecule has 1 unspecified atom stereocenters. The molecular formula is C14H19ClN2O. The Morgan fingerprint density at radius 2 is 2.22 bits per heavy atom. The Kier molecular flexibility index (Phi) is 4.64. The first-order chi connectivity index (χ1) is 8.70. The molecule has 1 aromatic carbocycles. The molecule has 1 aromatic heterocycles. The quantitative estimate of drug-likeness (QED) is 0.870. The lowest BCUT2D eigenvalue weighted by Gasteiger charge is -2.13. The van der Waals surface area contributed by atoms with Gasteiger partial charge < -0.3 is 14.6 Å². The van der Waals surface area contributed by atoms with Crippen molar-refractivity contribution < 1.29 is 4.74 Å². The maximum absolute atomic E-state index is 5.97. The molecular weight excluding hydrogens is 248 g/mol. The van der Waals surface area contributed by atoms with Crippen LogP contribution < -0.4 is 5.32 Å². The first kappa shape index (κ1) is 13.4. The van der Waals surface area contributed by atoms with E-state index in [0.29, 0.717) is 6.04 Å². The molecule has 0 aliphatic rings. The van der Waals surface area contributed by atoms with Gasteiger partial charge in [0, 0.05) is 48.4 Å². The molecule has 4 heteroatoms. The van der Waals surface area contributed by atoms with Gasteiger partial charge in [-0.3, -0.25) is 0 Å². The summed E-state index contributed by atoms with van der Waals surface area (Å²) in [6.07, 6.45) is 2.10. The minimum absolute atomic E-state index is 0.381. The summed E-state index contributed by atoms with van der Waals surface area (Å²) < 4.78 is 7.33.